The highest BCUT2D eigenvalue weighted by Crippen LogP contribution is 2.38. The maximum absolute atomic E-state index is 15.7. The molecule has 3 fully saturated rings. The molecule has 4 aliphatic heterocycles. The highest BCUT2D eigenvalue weighted by molar-refractivity contribution is 6.03. The zero-order valence-electron chi connectivity index (χ0n) is 26.8. The van der Waals surface area contributed by atoms with Crippen LogP contribution >= 0.6 is 0 Å². The van der Waals surface area contributed by atoms with Crippen molar-refractivity contribution in [3.05, 3.63) is 47.9 Å². The molecule has 0 radical (unpaired) electrons. The van der Waals surface area contributed by atoms with Crippen LogP contribution in [-0.2, 0) is 9.47 Å². The number of nitrogens with one attached hydrogen (secondary N) is 2. The molecule has 2 unspecified atom stereocenters. The molecule has 2 N–H and O–H groups in total. The number of hydrogen-bond acceptors (Lipinski definition) is 10. The van der Waals surface area contributed by atoms with Crippen LogP contribution in [0.4, 0.5) is 32.3 Å². The molecule has 47 heavy (non-hydrogen) atoms. The number of urea groups is 1. The molecule has 2 aromatic heterocycles. The SMILES string of the molecule is CCN1CC(C)(C)Oc2nc(N3CC4CCC(C3)O4)nc(-c3ccc(NC(=O)Nc4ccc(N5CCOCC5)nc4)c(F)c3)c2C1=O. The molecule has 7 rings (SSSR count). The van der Waals surface area contributed by atoms with E-state index in [1.165, 1.54) is 12.1 Å². The summed E-state index contributed by atoms with van der Waals surface area (Å²) in [5.41, 5.74) is 0.531. The van der Waals surface area contributed by atoms with Gasteiger partial charge in [0.15, 0.2) is 0 Å². The Hall–Kier alpha value is -4.56. The van der Waals surface area contributed by atoms with Gasteiger partial charge in [0.2, 0.25) is 11.8 Å². The first-order chi connectivity index (χ1) is 22.7. The summed E-state index contributed by atoms with van der Waals surface area (Å²) >= 11 is 0. The van der Waals surface area contributed by atoms with E-state index in [1.807, 2.05) is 26.8 Å². The van der Waals surface area contributed by atoms with Crippen LogP contribution in [-0.4, -0.2) is 102 Å². The van der Waals surface area contributed by atoms with E-state index in [-0.39, 0.29) is 40.9 Å². The van der Waals surface area contributed by atoms with Crippen molar-refractivity contribution in [2.45, 2.75) is 51.4 Å². The van der Waals surface area contributed by atoms with Gasteiger partial charge >= 0.3 is 6.03 Å². The minimum atomic E-state index is -0.714. The number of halogens is 1. The molecule has 3 saturated heterocycles. The average Bonchev–Trinajstić information content (AvgIpc) is 3.36. The second kappa shape index (κ2) is 12.6. The number of morpholine rings is 2. The number of amides is 3. The minimum Gasteiger partial charge on any atom is -0.469 e. The molecule has 248 valence electrons. The molecular formula is C33H39FN8O5. The molecule has 6 heterocycles. The van der Waals surface area contributed by atoms with Crippen molar-refractivity contribution in [1.29, 1.82) is 0 Å². The van der Waals surface area contributed by atoms with Crippen LogP contribution in [0.15, 0.2) is 36.5 Å². The van der Waals surface area contributed by atoms with Gasteiger partial charge in [0, 0.05) is 38.3 Å². The van der Waals surface area contributed by atoms with Gasteiger partial charge in [-0.1, -0.05) is 6.07 Å². The lowest BCUT2D eigenvalue weighted by atomic mass is 10.0. The van der Waals surface area contributed by atoms with E-state index < -0.39 is 17.4 Å². The molecule has 1 aromatic carbocycles. The number of likely N-dealkylation sites (N-methyl/N-ethyl adjacent to an activating group) is 1. The lowest BCUT2D eigenvalue weighted by Gasteiger charge is -2.33. The van der Waals surface area contributed by atoms with Crippen LogP contribution in [0.3, 0.4) is 0 Å². The Bertz CT molecular complexity index is 1650. The van der Waals surface area contributed by atoms with Crippen LogP contribution in [0.5, 0.6) is 5.88 Å². The maximum Gasteiger partial charge on any atom is 0.323 e. The molecule has 4 aliphatic rings. The van der Waals surface area contributed by atoms with Crippen molar-refractivity contribution in [2.24, 2.45) is 0 Å². The average molecular weight is 647 g/mol. The van der Waals surface area contributed by atoms with Gasteiger partial charge in [-0.25, -0.2) is 19.2 Å². The highest BCUT2D eigenvalue weighted by atomic mass is 19.1. The monoisotopic (exact) mass is 646 g/mol. The third kappa shape index (κ3) is 6.52. The zero-order valence-corrected chi connectivity index (χ0v) is 26.8. The molecule has 2 bridgehead atoms. The molecule has 0 spiro atoms. The van der Waals surface area contributed by atoms with E-state index in [2.05, 4.69) is 25.4 Å². The van der Waals surface area contributed by atoms with Gasteiger partial charge in [-0.05, 0) is 57.9 Å². The molecule has 0 saturated carbocycles. The Morgan fingerprint density at radius 3 is 2.49 bits per heavy atom. The van der Waals surface area contributed by atoms with Gasteiger partial charge in [0.1, 0.15) is 22.8 Å². The van der Waals surface area contributed by atoms with E-state index >= 15 is 4.39 Å². The van der Waals surface area contributed by atoms with Gasteiger partial charge in [-0.15, -0.1) is 0 Å². The molecule has 3 aromatic rings. The van der Waals surface area contributed by atoms with Crippen LogP contribution in [0.2, 0.25) is 0 Å². The summed E-state index contributed by atoms with van der Waals surface area (Å²) in [5.74, 6) is 0.397. The number of carbonyl (C=O) groups excluding carboxylic acids is 2. The molecule has 14 heteroatoms. The molecule has 13 nitrogen and oxygen atoms in total. The first-order valence-electron chi connectivity index (χ1n) is 16.1. The number of rotatable bonds is 6. The summed E-state index contributed by atoms with van der Waals surface area (Å²) in [6.07, 6.45) is 3.66. The Kier molecular flexibility index (Phi) is 8.30. The van der Waals surface area contributed by atoms with Crippen molar-refractivity contribution >= 4 is 35.1 Å². The van der Waals surface area contributed by atoms with Crippen molar-refractivity contribution < 1.29 is 28.2 Å². The van der Waals surface area contributed by atoms with Gasteiger partial charge in [-0.3, -0.25) is 4.79 Å². The fraction of sp³-hybridized carbons (Fsp3) is 0.485. The van der Waals surface area contributed by atoms with E-state index in [1.54, 1.807) is 23.2 Å². The number of ether oxygens (including phenoxy) is 3. The number of carbonyl (C=O) groups is 2. The Labute approximate surface area is 272 Å². The van der Waals surface area contributed by atoms with Crippen LogP contribution in [0.25, 0.3) is 11.3 Å². The van der Waals surface area contributed by atoms with Crippen LogP contribution in [0, 0.1) is 5.82 Å². The summed E-state index contributed by atoms with van der Waals surface area (Å²) in [6.45, 7) is 10.5. The molecule has 2 atom stereocenters. The number of aromatic nitrogens is 3. The highest BCUT2D eigenvalue weighted by Gasteiger charge is 2.39. The minimum absolute atomic E-state index is 0.0341. The van der Waals surface area contributed by atoms with Crippen LogP contribution in [0.1, 0.15) is 44.0 Å². The van der Waals surface area contributed by atoms with Crippen molar-refractivity contribution in [3.63, 3.8) is 0 Å². The largest absolute Gasteiger partial charge is 0.469 e. The molecule has 0 aliphatic carbocycles. The van der Waals surface area contributed by atoms with Crippen molar-refractivity contribution in [2.75, 3.05) is 72.9 Å². The van der Waals surface area contributed by atoms with Gasteiger partial charge < -0.3 is 39.5 Å². The predicted octanol–water partition coefficient (Wildman–Crippen LogP) is 4.16. The first-order valence-corrected chi connectivity index (χ1v) is 16.1. The quantitative estimate of drug-likeness (QED) is 0.402. The Morgan fingerprint density at radius 2 is 1.81 bits per heavy atom. The van der Waals surface area contributed by atoms with Crippen LogP contribution < -0.4 is 25.2 Å². The van der Waals surface area contributed by atoms with E-state index in [4.69, 9.17) is 24.2 Å². The van der Waals surface area contributed by atoms with Gasteiger partial charge in [-0.2, -0.15) is 4.98 Å². The Morgan fingerprint density at radius 1 is 1.04 bits per heavy atom. The number of fused-ring (bicyclic) bond motifs is 3. The summed E-state index contributed by atoms with van der Waals surface area (Å²) in [7, 11) is 0. The molecular weight excluding hydrogens is 607 g/mol. The standard InChI is InChI=1S/C33H39FN8O5/c1-4-40-19-33(2,3)47-29-27(30(40)43)28(38-31(39-29)42-17-22-7-8-23(18-42)46-22)20-5-9-25(24(34)15-20)37-32(44)36-21-6-10-26(35-16-21)41-11-13-45-14-12-41/h5-6,9-10,15-16,22-23H,4,7-8,11-14,17-19H2,1-3H3,(H2,36,37,44). The second-order valence-corrected chi connectivity index (χ2v) is 12.9. The summed E-state index contributed by atoms with van der Waals surface area (Å²) < 4.78 is 33.4. The topological polar surface area (TPSA) is 134 Å². The summed E-state index contributed by atoms with van der Waals surface area (Å²) in [6, 6.07) is 7.30. The number of anilines is 4. The number of hydrogen-bond donors (Lipinski definition) is 2. The lowest BCUT2D eigenvalue weighted by molar-refractivity contribution is 0.0297. The summed E-state index contributed by atoms with van der Waals surface area (Å²) in [5, 5.41) is 5.27. The predicted molar refractivity (Wildman–Crippen MR) is 174 cm³/mol. The third-order valence-corrected chi connectivity index (χ3v) is 8.85. The van der Waals surface area contributed by atoms with Crippen molar-refractivity contribution in [1.82, 2.24) is 19.9 Å². The normalized spacial score (nSPS) is 22.0. The zero-order chi connectivity index (χ0) is 32.7. The first kappa shape index (κ1) is 31.1. The fourth-order valence-corrected chi connectivity index (χ4v) is 6.55. The summed E-state index contributed by atoms with van der Waals surface area (Å²) in [4.78, 5) is 46.6. The van der Waals surface area contributed by atoms with Gasteiger partial charge in [0.05, 0.1) is 55.2 Å². The number of nitrogens with zero attached hydrogens (tertiary/aromatic N) is 6. The van der Waals surface area contributed by atoms with E-state index in [0.717, 1.165) is 31.7 Å². The van der Waals surface area contributed by atoms with E-state index in [9.17, 15) is 9.59 Å². The lowest BCUT2D eigenvalue weighted by Crippen LogP contribution is -2.43. The third-order valence-electron chi connectivity index (χ3n) is 8.85. The van der Waals surface area contributed by atoms with Crippen molar-refractivity contribution in [3.8, 4) is 17.1 Å². The van der Waals surface area contributed by atoms with Gasteiger partial charge in [0.25, 0.3) is 5.91 Å². The smallest absolute Gasteiger partial charge is 0.323 e. The Balaban J connectivity index is 1.16. The second-order valence-electron chi connectivity index (χ2n) is 12.9. The number of pyridine rings is 1. The number of benzene rings is 1. The molecule has 3 amide bonds. The maximum atomic E-state index is 15.7. The van der Waals surface area contributed by atoms with E-state index in [0.29, 0.717) is 56.6 Å². The fourth-order valence-electron chi connectivity index (χ4n) is 6.55.